The Bertz CT molecular complexity index is 1820. The largest absolute Gasteiger partial charge is 0.489 e. The average Bonchev–Trinajstić information content (AvgIpc) is 3.09. The van der Waals surface area contributed by atoms with Crippen molar-refractivity contribution in [3.63, 3.8) is 0 Å². The highest BCUT2D eigenvalue weighted by Crippen LogP contribution is 2.41. The molecule has 0 aliphatic heterocycles. The van der Waals surface area contributed by atoms with E-state index in [1.54, 1.807) is 6.92 Å². The Morgan fingerprint density at radius 1 is 0.964 bits per heavy atom. The first-order valence-corrected chi connectivity index (χ1v) is 19.6. The summed E-state index contributed by atoms with van der Waals surface area (Å²) in [5, 5.41) is 9.19. The number of carbonyl (C=O) groups is 1. The lowest BCUT2D eigenvalue weighted by atomic mass is 9.80. The van der Waals surface area contributed by atoms with Gasteiger partial charge in [0, 0.05) is 44.2 Å². The van der Waals surface area contributed by atoms with E-state index in [2.05, 4.69) is 11.6 Å². The van der Waals surface area contributed by atoms with Crippen LogP contribution in [0, 0.1) is 11.8 Å². The van der Waals surface area contributed by atoms with Crippen molar-refractivity contribution in [1.29, 1.82) is 0 Å². The molecule has 0 radical (unpaired) electrons. The van der Waals surface area contributed by atoms with Gasteiger partial charge >= 0.3 is 24.5 Å². The molecule has 19 heteroatoms. The molecule has 1 aliphatic carbocycles. The molecule has 2 aromatic carbocycles. The van der Waals surface area contributed by atoms with E-state index in [-0.39, 0.29) is 48.1 Å². The summed E-state index contributed by atoms with van der Waals surface area (Å²) in [5.41, 5.74) is 1.13. The molecule has 0 bridgehead atoms. The zero-order valence-electron chi connectivity index (χ0n) is 30.9. The topological polar surface area (TPSA) is 126 Å². The summed E-state index contributed by atoms with van der Waals surface area (Å²) in [6.07, 6.45) is -9.71. The van der Waals surface area contributed by atoms with Crippen molar-refractivity contribution in [2.75, 3.05) is 36.6 Å². The Morgan fingerprint density at radius 3 is 2.00 bits per heavy atom. The standard InChI is InChI=1S/C37H45F9N4O5S/c1-5-49(21-26-8-6-25(7-9-26)14-34(51)52)33-11-10-29(35(38,39)40)17-28(33)22-50(24(3)48-20-32(19-47)55-12-13-56(4,53)54)23(2)27-15-30(36(41,42)43)18-31(16-27)37(44,45)46/h10-11,15-20,23,25-26H,3,5-9,12-14,21-22,47H2,1-2,4H3,(H,51,52)/b32-19+,48-20-. The molecular weight excluding hydrogens is 783 g/mol. The van der Waals surface area contributed by atoms with Crippen LogP contribution in [0.1, 0.15) is 79.8 Å². The summed E-state index contributed by atoms with van der Waals surface area (Å²) in [6, 6.07) is 2.54. The molecule has 1 fully saturated rings. The van der Waals surface area contributed by atoms with Crippen LogP contribution in [0.25, 0.3) is 0 Å². The first-order valence-electron chi connectivity index (χ1n) is 17.5. The smallest absolute Gasteiger partial charge is 0.416 e. The molecule has 3 rings (SSSR count). The van der Waals surface area contributed by atoms with Crippen molar-refractivity contribution in [1.82, 2.24) is 4.90 Å². The van der Waals surface area contributed by atoms with Gasteiger partial charge in [-0.3, -0.25) is 4.79 Å². The summed E-state index contributed by atoms with van der Waals surface area (Å²) in [6.45, 7) is 6.65. The predicted molar refractivity (Wildman–Crippen MR) is 193 cm³/mol. The number of rotatable bonds is 17. The minimum absolute atomic E-state index is 0.00417. The van der Waals surface area contributed by atoms with Crippen molar-refractivity contribution < 1.29 is 62.6 Å². The number of aliphatic carboxylic acids is 1. The van der Waals surface area contributed by atoms with Gasteiger partial charge in [0.2, 0.25) is 0 Å². The molecule has 0 spiro atoms. The number of aliphatic imine (C=N–C) groups is 1. The SMILES string of the molecule is C=C(/N=C\C(=C/N)OCCS(C)(=O)=O)N(Cc1cc(C(F)(F)F)ccc1N(CC)CC1CCC(CC(=O)O)CC1)C(C)c1cc(C(F)(F)F)cc(C(F)(F)F)c1. The van der Waals surface area contributed by atoms with Crippen LogP contribution in [0.5, 0.6) is 0 Å². The van der Waals surface area contributed by atoms with Gasteiger partial charge in [-0.15, -0.1) is 0 Å². The van der Waals surface area contributed by atoms with Crippen LogP contribution < -0.4 is 10.6 Å². The number of carboxylic acid groups (broad SMARTS) is 1. The van der Waals surface area contributed by atoms with E-state index in [1.165, 1.54) is 13.0 Å². The Labute approximate surface area is 319 Å². The highest BCUT2D eigenvalue weighted by molar-refractivity contribution is 7.90. The van der Waals surface area contributed by atoms with E-state index in [9.17, 15) is 57.8 Å². The molecule has 312 valence electrons. The zero-order valence-corrected chi connectivity index (χ0v) is 31.8. The molecule has 0 heterocycles. The zero-order chi connectivity index (χ0) is 42.2. The van der Waals surface area contributed by atoms with E-state index < -0.39 is 74.9 Å². The molecule has 0 aromatic heterocycles. The van der Waals surface area contributed by atoms with Crippen LogP contribution in [0.2, 0.25) is 0 Å². The Hall–Kier alpha value is -4.42. The third-order valence-corrected chi connectivity index (χ3v) is 10.4. The summed E-state index contributed by atoms with van der Waals surface area (Å²) in [5.74, 6) is -1.77. The van der Waals surface area contributed by atoms with Gasteiger partial charge in [0.15, 0.2) is 15.6 Å². The van der Waals surface area contributed by atoms with Gasteiger partial charge in [-0.1, -0.05) is 6.58 Å². The number of alkyl halides is 9. The van der Waals surface area contributed by atoms with Crippen LogP contribution in [0.15, 0.2) is 65.7 Å². The number of nitrogens with zero attached hydrogens (tertiary/aromatic N) is 3. The molecule has 3 N–H and O–H groups in total. The third kappa shape index (κ3) is 13.7. The number of ether oxygens (including phenoxy) is 1. The molecule has 56 heavy (non-hydrogen) atoms. The first-order chi connectivity index (χ1) is 25.8. The van der Waals surface area contributed by atoms with Crippen LogP contribution in [-0.4, -0.2) is 62.3 Å². The maximum Gasteiger partial charge on any atom is 0.416 e. The second-order valence-electron chi connectivity index (χ2n) is 13.7. The highest BCUT2D eigenvalue weighted by Gasteiger charge is 2.38. The number of nitrogens with two attached hydrogens (primary N) is 1. The van der Waals surface area contributed by atoms with Crippen LogP contribution in [0.4, 0.5) is 45.2 Å². The Balaban J connectivity index is 2.14. The van der Waals surface area contributed by atoms with Crippen molar-refractivity contribution in [2.45, 2.75) is 77.1 Å². The van der Waals surface area contributed by atoms with Crippen LogP contribution >= 0.6 is 0 Å². The summed E-state index contributed by atoms with van der Waals surface area (Å²) < 4.78 is 154. The van der Waals surface area contributed by atoms with E-state index >= 15 is 0 Å². The first kappa shape index (κ1) is 46.0. The second kappa shape index (κ2) is 18.7. The molecule has 0 saturated heterocycles. The van der Waals surface area contributed by atoms with Gasteiger partial charge in [-0.05, 0) is 98.9 Å². The maximum atomic E-state index is 14.1. The van der Waals surface area contributed by atoms with Gasteiger partial charge < -0.3 is 25.4 Å². The number of carboxylic acids is 1. The predicted octanol–water partition coefficient (Wildman–Crippen LogP) is 8.82. The third-order valence-electron chi connectivity index (χ3n) is 9.50. The summed E-state index contributed by atoms with van der Waals surface area (Å²) in [7, 11) is -3.45. The van der Waals surface area contributed by atoms with E-state index in [0.29, 0.717) is 56.6 Å². The number of hydrogen-bond donors (Lipinski definition) is 2. The number of anilines is 1. The van der Waals surface area contributed by atoms with Gasteiger partial charge in [0.25, 0.3) is 0 Å². The number of benzene rings is 2. The fourth-order valence-corrected chi connectivity index (χ4v) is 6.84. The van der Waals surface area contributed by atoms with Gasteiger partial charge in [0.05, 0.1) is 34.7 Å². The quantitative estimate of drug-likeness (QED) is 0.0922. The Kier molecular flexibility index (Phi) is 15.3. The summed E-state index contributed by atoms with van der Waals surface area (Å²) >= 11 is 0. The van der Waals surface area contributed by atoms with Crippen LogP contribution in [-0.2, 0) is 44.4 Å². The van der Waals surface area contributed by atoms with Gasteiger partial charge in [-0.2, -0.15) is 39.5 Å². The number of halogens is 9. The second-order valence-corrected chi connectivity index (χ2v) is 16.0. The Morgan fingerprint density at radius 2 is 1.52 bits per heavy atom. The lowest BCUT2D eigenvalue weighted by Gasteiger charge is -2.36. The molecule has 2 aromatic rings. The normalized spacial score (nSPS) is 17.8. The number of sulfone groups is 1. The lowest BCUT2D eigenvalue weighted by Crippen LogP contribution is -2.33. The molecular formula is C37H45F9N4O5S. The van der Waals surface area contributed by atoms with E-state index in [0.717, 1.165) is 35.7 Å². The van der Waals surface area contributed by atoms with Crippen molar-refractivity contribution in [3.05, 3.63) is 88.6 Å². The fourth-order valence-electron chi connectivity index (χ4n) is 6.46. The minimum Gasteiger partial charge on any atom is -0.489 e. The van der Waals surface area contributed by atoms with Crippen molar-refractivity contribution in [2.24, 2.45) is 22.6 Å². The molecule has 0 amide bonds. The van der Waals surface area contributed by atoms with Crippen molar-refractivity contribution >= 4 is 27.7 Å². The number of hydrogen-bond acceptors (Lipinski definition) is 8. The van der Waals surface area contributed by atoms with Crippen LogP contribution in [0.3, 0.4) is 0 Å². The fraction of sp³-hybridized carbons (Fsp3) is 0.514. The average molecular weight is 829 g/mol. The highest BCUT2D eigenvalue weighted by atomic mass is 32.2. The number of allylic oxidation sites excluding steroid dienone is 1. The van der Waals surface area contributed by atoms with Crippen molar-refractivity contribution in [3.8, 4) is 0 Å². The van der Waals surface area contributed by atoms with E-state index in [4.69, 9.17) is 10.5 Å². The molecule has 1 saturated carbocycles. The molecule has 1 atom stereocenters. The van der Waals surface area contributed by atoms with Gasteiger partial charge in [-0.25, -0.2) is 13.4 Å². The molecule has 9 nitrogen and oxygen atoms in total. The molecule has 1 unspecified atom stereocenters. The molecule has 1 aliphatic rings. The summed E-state index contributed by atoms with van der Waals surface area (Å²) in [4.78, 5) is 18.3. The maximum absolute atomic E-state index is 14.1. The van der Waals surface area contributed by atoms with E-state index in [1.807, 2.05) is 4.90 Å². The van der Waals surface area contributed by atoms with Gasteiger partial charge in [0.1, 0.15) is 12.4 Å². The lowest BCUT2D eigenvalue weighted by molar-refractivity contribution is -0.143. The monoisotopic (exact) mass is 828 g/mol. The minimum atomic E-state index is -5.19.